The lowest BCUT2D eigenvalue weighted by Gasteiger charge is -2.39. The zero-order valence-electron chi connectivity index (χ0n) is 12.6. The van der Waals surface area contributed by atoms with Crippen LogP contribution in [0.4, 0.5) is 0 Å². The Balaban J connectivity index is 2.23. The van der Waals surface area contributed by atoms with Gasteiger partial charge in [0.15, 0.2) is 0 Å². The second kappa shape index (κ2) is 4.70. The van der Waals surface area contributed by atoms with E-state index < -0.39 is 0 Å². The maximum atomic E-state index is 2.46. The predicted molar refractivity (Wildman–Crippen MR) is 79.2 cm³/mol. The highest BCUT2D eigenvalue weighted by Crippen LogP contribution is 2.34. The molecule has 0 saturated carbocycles. The fourth-order valence-corrected chi connectivity index (χ4v) is 3.10. The summed E-state index contributed by atoms with van der Waals surface area (Å²) in [4.78, 5) is 2.46. The van der Waals surface area contributed by atoms with E-state index in [2.05, 4.69) is 63.9 Å². The van der Waals surface area contributed by atoms with E-state index in [0.29, 0.717) is 5.41 Å². The van der Waals surface area contributed by atoms with Crippen molar-refractivity contribution in [3.63, 3.8) is 0 Å². The molecule has 1 unspecified atom stereocenters. The van der Waals surface area contributed by atoms with Crippen molar-refractivity contribution in [2.24, 2.45) is 0 Å². The number of hydrogen-bond donors (Lipinski definition) is 0. The smallest absolute Gasteiger partial charge is 0.00729 e. The Morgan fingerprint density at radius 1 is 1.11 bits per heavy atom. The van der Waals surface area contributed by atoms with Gasteiger partial charge in [-0.25, -0.2) is 0 Å². The molecular weight excluding hydrogens is 218 g/mol. The molecule has 0 N–H and O–H groups in total. The first kappa shape index (κ1) is 13.6. The third-order valence-corrected chi connectivity index (χ3v) is 4.34. The third kappa shape index (κ3) is 2.77. The van der Waals surface area contributed by atoms with Crippen molar-refractivity contribution in [3.8, 4) is 0 Å². The van der Waals surface area contributed by atoms with Crippen molar-refractivity contribution < 1.29 is 0 Å². The molecule has 2 rings (SSSR count). The second-order valence-corrected chi connectivity index (χ2v) is 7.23. The van der Waals surface area contributed by atoms with E-state index in [1.54, 1.807) is 0 Å². The average Bonchev–Trinajstić information content (AvgIpc) is 2.28. The topological polar surface area (TPSA) is 3.24 Å². The molecule has 0 radical (unpaired) electrons. The van der Waals surface area contributed by atoms with Gasteiger partial charge in [0.1, 0.15) is 0 Å². The van der Waals surface area contributed by atoms with Gasteiger partial charge in [0.05, 0.1) is 0 Å². The highest BCUT2D eigenvalue weighted by molar-refractivity contribution is 5.32. The van der Waals surface area contributed by atoms with Crippen LogP contribution in [0.3, 0.4) is 0 Å². The number of rotatable bonds is 1. The van der Waals surface area contributed by atoms with Crippen LogP contribution in [0, 0.1) is 0 Å². The van der Waals surface area contributed by atoms with E-state index in [1.807, 2.05) is 0 Å². The monoisotopic (exact) mass is 245 g/mol. The van der Waals surface area contributed by atoms with Gasteiger partial charge >= 0.3 is 0 Å². The Kier molecular flexibility index (Phi) is 3.55. The van der Waals surface area contributed by atoms with Gasteiger partial charge in [-0.1, -0.05) is 52.0 Å². The highest BCUT2D eigenvalue weighted by Gasteiger charge is 2.31. The summed E-state index contributed by atoms with van der Waals surface area (Å²) in [6.07, 6.45) is 2.63. The molecule has 1 aliphatic rings. The van der Waals surface area contributed by atoms with E-state index in [9.17, 15) is 0 Å². The van der Waals surface area contributed by atoms with Crippen LogP contribution in [0.1, 0.15) is 51.7 Å². The first-order valence-electron chi connectivity index (χ1n) is 7.11. The zero-order valence-corrected chi connectivity index (χ0v) is 12.6. The molecule has 0 amide bonds. The quantitative estimate of drug-likeness (QED) is 0.723. The standard InChI is InChI=1S/C17H27N/c1-16(2,3)14-7-9-15(10-8-14)17(4)11-6-12-18(5)13-17/h7-10H,6,11-13H2,1-5H3. The summed E-state index contributed by atoms with van der Waals surface area (Å²) >= 11 is 0. The minimum atomic E-state index is 0.253. The van der Waals surface area contributed by atoms with Crippen molar-refractivity contribution >= 4 is 0 Å². The minimum absolute atomic E-state index is 0.253. The molecule has 1 aromatic rings. The largest absolute Gasteiger partial charge is 0.305 e. The molecule has 18 heavy (non-hydrogen) atoms. The molecular formula is C17H27N. The van der Waals surface area contributed by atoms with E-state index in [0.717, 1.165) is 0 Å². The van der Waals surface area contributed by atoms with Crippen LogP contribution in [-0.2, 0) is 10.8 Å². The third-order valence-electron chi connectivity index (χ3n) is 4.34. The summed E-state index contributed by atoms with van der Waals surface area (Å²) in [5, 5.41) is 0. The van der Waals surface area contributed by atoms with Crippen molar-refractivity contribution in [2.45, 2.75) is 51.4 Å². The lowest BCUT2D eigenvalue weighted by Crippen LogP contribution is -2.42. The number of benzene rings is 1. The normalized spacial score (nSPS) is 26.3. The summed E-state index contributed by atoms with van der Waals surface area (Å²) in [5.74, 6) is 0. The number of likely N-dealkylation sites (tertiary alicyclic amines) is 1. The van der Waals surface area contributed by atoms with Crippen LogP contribution >= 0.6 is 0 Å². The van der Waals surface area contributed by atoms with E-state index in [1.165, 1.54) is 37.1 Å². The Morgan fingerprint density at radius 3 is 2.22 bits per heavy atom. The van der Waals surface area contributed by atoms with Crippen molar-refractivity contribution in [1.82, 2.24) is 4.90 Å². The van der Waals surface area contributed by atoms with Crippen LogP contribution < -0.4 is 0 Å². The van der Waals surface area contributed by atoms with E-state index >= 15 is 0 Å². The Labute approximate surface area is 112 Å². The summed E-state index contributed by atoms with van der Waals surface area (Å²) in [5.41, 5.74) is 3.52. The summed E-state index contributed by atoms with van der Waals surface area (Å²) in [7, 11) is 2.24. The SMILES string of the molecule is CN1CCCC(C)(c2ccc(C(C)(C)C)cc2)C1. The molecule has 1 heterocycles. The fraction of sp³-hybridized carbons (Fsp3) is 0.647. The molecule has 100 valence electrons. The van der Waals surface area contributed by atoms with Gasteiger partial charge in [0.25, 0.3) is 0 Å². The lowest BCUT2D eigenvalue weighted by atomic mass is 9.75. The van der Waals surface area contributed by atoms with Crippen LogP contribution in [0.2, 0.25) is 0 Å². The highest BCUT2D eigenvalue weighted by atomic mass is 15.1. The lowest BCUT2D eigenvalue weighted by molar-refractivity contribution is 0.188. The maximum Gasteiger partial charge on any atom is 0.00729 e. The first-order valence-corrected chi connectivity index (χ1v) is 7.11. The Bertz CT molecular complexity index is 399. The van der Waals surface area contributed by atoms with Crippen LogP contribution in [0.5, 0.6) is 0 Å². The summed E-state index contributed by atoms with van der Waals surface area (Å²) in [6.45, 7) is 11.7. The van der Waals surface area contributed by atoms with Gasteiger partial charge in [-0.05, 0) is 43.0 Å². The van der Waals surface area contributed by atoms with Crippen molar-refractivity contribution in [2.75, 3.05) is 20.1 Å². The number of likely N-dealkylation sites (N-methyl/N-ethyl adjacent to an activating group) is 1. The van der Waals surface area contributed by atoms with Crippen LogP contribution in [0.25, 0.3) is 0 Å². The molecule has 0 bridgehead atoms. The molecule has 1 fully saturated rings. The molecule has 1 saturated heterocycles. The number of nitrogens with zero attached hydrogens (tertiary/aromatic N) is 1. The van der Waals surface area contributed by atoms with Crippen LogP contribution in [-0.4, -0.2) is 25.0 Å². The fourth-order valence-electron chi connectivity index (χ4n) is 3.10. The summed E-state index contributed by atoms with van der Waals surface area (Å²) < 4.78 is 0. The second-order valence-electron chi connectivity index (χ2n) is 7.23. The molecule has 1 heteroatoms. The van der Waals surface area contributed by atoms with Gasteiger partial charge in [-0.2, -0.15) is 0 Å². The van der Waals surface area contributed by atoms with Gasteiger partial charge in [-0.3, -0.25) is 0 Å². The predicted octanol–water partition coefficient (Wildman–Crippen LogP) is 3.97. The van der Waals surface area contributed by atoms with Crippen LogP contribution in [0.15, 0.2) is 24.3 Å². The molecule has 1 aliphatic heterocycles. The average molecular weight is 245 g/mol. The zero-order chi connectivity index (χ0) is 13.4. The molecule has 0 aliphatic carbocycles. The Hall–Kier alpha value is -0.820. The molecule has 1 nitrogen and oxygen atoms in total. The molecule has 1 aromatic carbocycles. The van der Waals surface area contributed by atoms with E-state index in [4.69, 9.17) is 0 Å². The molecule has 1 atom stereocenters. The number of hydrogen-bond acceptors (Lipinski definition) is 1. The first-order chi connectivity index (χ1) is 8.31. The molecule has 0 spiro atoms. The van der Waals surface area contributed by atoms with Gasteiger partial charge in [-0.15, -0.1) is 0 Å². The maximum absolute atomic E-state index is 2.46. The van der Waals surface area contributed by atoms with Gasteiger partial charge in [0.2, 0.25) is 0 Å². The van der Waals surface area contributed by atoms with E-state index in [-0.39, 0.29) is 5.41 Å². The van der Waals surface area contributed by atoms with Crippen molar-refractivity contribution in [1.29, 1.82) is 0 Å². The summed E-state index contributed by atoms with van der Waals surface area (Å²) in [6, 6.07) is 9.32. The van der Waals surface area contributed by atoms with Gasteiger partial charge < -0.3 is 4.90 Å². The minimum Gasteiger partial charge on any atom is -0.305 e. The Morgan fingerprint density at radius 2 is 1.72 bits per heavy atom. The van der Waals surface area contributed by atoms with Gasteiger partial charge in [0, 0.05) is 12.0 Å². The molecule has 0 aromatic heterocycles. The number of piperidine rings is 1. The van der Waals surface area contributed by atoms with Crippen molar-refractivity contribution in [3.05, 3.63) is 35.4 Å².